The van der Waals surface area contributed by atoms with Gasteiger partial charge in [0.2, 0.25) is 0 Å². The van der Waals surface area contributed by atoms with Gasteiger partial charge in [-0.05, 0) is 79.4 Å². The molecular weight excluding hydrogens is 346 g/mol. The number of rotatable bonds is 1. The lowest BCUT2D eigenvalue weighted by Crippen LogP contribution is -2.53. The number of benzene rings is 1. The van der Waals surface area contributed by atoms with E-state index in [1.54, 1.807) is 0 Å². The van der Waals surface area contributed by atoms with Crippen LogP contribution in [-0.2, 0) is 16.6 Å². The van der Waals surface area contributed by atoms with Crippen molar-refractivity contribution in [2.45, 2.75) is 97.1 Å². The van der Waals surface area contributed by atoms with E-state index in [4.69, 9.17) is 4.74 Å². The standard InChI is InChI=1S/C25H37NO2/c1-16(2)17-9-10-19-18(13-17)14-20-21-24(6,11-8-12-25(19,21)7)15-26(20)22(27)28-23(3,4)5/h9-10,13,16,20-21H,8,11-12,14-15H2,1-7H3/t20-,21-,24-,25+/m0/s1. The first-order chi connectivity index (χ1) is 12.9. The van der Waals surface area contributed by atoms with E-state index in [0.717, 1.165) is 13.0 Å². The van der Waals surface area contributed by atoms with Crippen molar-refractivity contribution in [2.24, 2.45) is 11.3 Å². The summed E-state index contributed by atoms with van der Waals surface area (Å²) in [6.45, 7) is 16.1. The summed E-state index contributed by atoms with van der Waals surface area (Å²) >= 11 is 0. The number of nitrogens with zero attached hydrogens (tertiary/aromatic N) is 1. The first kappa shape index (κ1) is 19.8. The maximum absolute atomic E-state index is 13.1. The summed E-state index contributed by atoms with van der Waals surface area (Å²) in [6.07, 6.45) is 4.51. The van der Waals surface area contributed by atoms with Crippen LogP contribution in [-0.4, -0.2) is 29.2 Å². The van der Waals surface area contributed by atoms with Gasteiger partial charge in [-0.15, -0.1) is 0 Å². The zero-order valence-electron chi connectivity index (χ0n) is 18.8. The third-order valence-corrected chi connectivity index (χ3v) is 7.67. The van der Waals surface area contributed by atoms with E-state index in [1.807, 2.05) is 20.8 Å². The molecule has 2 aliphatic carbocycles. The minimum absolute atomic E-state index is 0.126. The molecule has 0 bridgehead atoms. The summed E-state index contributed by atoms with van der Waals surface area (Å²) in [5.41, 5.74) is 4.28. The predicted octanol–water partition coefficient (Wildman–Crippen LogP) is 6.05. The predicted molar refractivity (Wildman–Crippen MR) is 114 cm³/mol. The van der Waals surface area contributed by atoms with Crippen LogP contribution in [0.2, 0.25) is 0 Å². The summed E-state index contributed by atoms with van der Waals surface area (Å²) in [5, 5.41) is 0. The zero-order valence-corrected chi connectivity index (χ0v) is 18.8. The molecule has 28 heavy (non-hydrogen) atoms. The van der Waals surface area contributed by atoms with Crippen LogP contribution in [0.5, 0.6) is 0 Å². The molecule has 1 saturated carbocycles. The minimum atomic E-state index is -0.452. The SMILES string of the molecule is CC(C)c1ccc2c(c1)C[C@H]1[C@H]3[C@@](C)(CCC[C@]23C)CN1C(=O)OC(C)(C)C. The van der Waals surface area contributed by atoms with Crippen molar-refractivity contribution >= 4 is 6.09 Å². The van der Waals surface area contributed by atoms with Crippen molar-refractivity contribution in [2.75, 3.05) is 6.54 Å². The molecule has 0 unspecified atom stereocenters. The third-order valence-electron chi connectivity index (χ3n) is 7.67. The van der Waals surface area contributed by atoms with Crippen LogP contribution in [0.25, 0.3) is 0 Å². The van der Waals surface area contributed by atoms with Crippen molar-refractivity contribution in [3.8, 4) is 0 Å². The molecule has 0 aromatic heterocycles. The van der Waals surface area contributed by atoms with Crippen molar-refractivity contribution in [1.82, 2.24) is 4.90 Å². The Morgan fingerprint density at radius 2 is 1.93 bits per heavy atom. The summed E-state index contributed by atoms with van der Waals surface area (Å²) in [5.74, 6) is 1.04. The first-order valence-corrected chi connectivity index (χ1v) is 11.1. The number of hydrogen-bond acceptors (Lipinski definition) is 2. The molecule has 1 aromatic carbocycles. The molecular formula is C25H37NO2. The smallest absolute Gasteiger partial charge is 0.410 e. The Morgan fingerprint density at radius 1 is 1.21 bits per heavy atom. The van der Waals surface area contributed by atoms with Gasteiger partial charge in [-0.25, -0.2) is 4.79 Å². The number of amides is 1. The Labute approximate surface area is 170 Å². The lowest BCUT2D eigenvalue weighted by Gasteiger charge is -2.53. The molecule has 0 radical (unpaired) electrons. The van der Waals surface area contributed by atoms with Crippen LogP contribution in [0.1, 0.15) is 90.3 Å². The molecule has 3 aliphatic rings. The highest BCUT2D eigenvalue weighted by molar-refractivity contribution is 5.70. The third kappa shape index (κ3) is 2.97. The van der Waals surface area contributed by atoms with Crippen LogP contribution in [0.4, 0.5) is 4.79 Å². The molecule has 1 aromatic rings. The second-order valence-electron chi connectivity index (χ2n) is 11.4. The Hall–Kier alpha value is -1.51. The Kier molecular flexibility index (Phi) is 4.41. The van der Waals surface area contributed by atoms with E-state index in [9.17, 15) is 4.79 Å². The van der Waals surface area contributed by atoms with Crippen LogP contribution >= 0.6 is 0 Å². The second kappa shape index (κ2) is 6.24. The molecule has 3 nitrogen and oxygen atoms in total. The summed E-state index contributed by atoms with van der Waals surface area (Å²) < 4.78 is 5.83. The minimum Gasteiger partial charge on any atom is -0.444 e. The number of carbonyl (C=O) groups excluding carboxylic acids is 1. The number of likely N-dealkylation sites (tertiary alicyclic amines) is 1. The number of hydrogen-bond donors (Lipinski definition) is 0. The molecule has 1 saturated heterocycles. The number of carbonyl (C=O) groups is 1. The van der Waals surface area contributed by atoms with E-state index in [2.05, 4.69) is 50.8 Å². The van der Waals surface area contributed by atoms with Crippen LogP contribution in [0.3, 0.4) is 0 Å². The average molecular weight is 384 g/mol. The van der Waals surface area contributed by atoms with Crippen LogP contribution in [0.15, 0.2) is 18.2 Å². The van der Waals surface area contributed by atoms with Crippen molar-refractivity contribution < 1.29 is 9.53 Å². The zero-order chi connectivity index (χ0) is 20.5. The van der Waals surface area contributed by atoms with Gasteiger partial charge >= 0.3 is 6.09 Å². The molecule has 1 heterocycles. The highest BCUT2D eigenvalue weighted by Crippen LogP contribution is 2.61. The second-order valence-corrected chi connectivity index (χ2v) is 11.4. The molecule has 1 aliphatic heterocycles. The van der Waals surface area contributed by atoms with E-state index in [0.29, 0.717) is 11.8 Å². The lowest BCUT2D eigenvalue weighted by molar-refractivity contribution is 0.0167. The quantitative estimate of drug-likeness (QED) is 0.591. The Balaban J connectivity index is 1.78. The molecule has 2 fully saturated rings. The summed E-state index contributed by atoms with van der Waals surface area (Å²) in [7, 11) is 0. The summed E-state index contributed by atoms with van der Waals surface area (Å²) in [4.78, 5) is 15.2. The first-order valence-electron chi connectivity index (χ1n) is 11.1. The van der Waals surface area contributed by atoms with E-state index in [-0.39, 0.29) is 23.0 Å². The van der Waals surface area contributed by atoms with E-state index >= 15 is 0 Å². The highest BCUT2D eigenvalue weighted by atomic mass is 16.6. The van der Waals surface area contributed by atoms with Gasteiger partial charge in [0.25, 0.3) is 0 Å². The normalized spacial score (nSPS) is 34.2. The van der Waals surface area contributed by atoms with Crippen LogP contribution < -0.4 is 0 Å². The van der Waals surface area contributed by atoms with Gasteiger partial charge < -0.3 is 9.64 Å². The van der Waals surface area contributed by atoms with Gasteiger partial charge in [0.05, 0.1) is 0 Å². The van der Waals surface area contributed by atoms with Crippen molar-refractivity contribution in [3.05, 3.63) is 34.9 Å². The Bertz CT molecular complexity index is 792. The van der Waals surface area contributed by atoms with Crippen LogP contribution in [0, 0.1) is 11.3 Å². The fraction of sp³-hybridized carbons (Fsp3) is 0.720. The molecule has 0 N–H and O–H groups in total. The Morgan fingerprint density at radius 3 is 2.57 bits per heavy atom. The molecule has 4 rings (SSSR count). The van der Waals surface area contributed by atoms with Gasteiger partial charge in [-0.3, -0.25) is 0 Å². The average Bonchev–Trinajstić information content (AvgIpc) is 2.87. The fourth-order valence-electron chi connectivity index (χ4n) is 6.67. The monoisotopic (exact) mass is 383 g/mol. The van der Waals surface area contributed by atoms with Gasteiger partial charge in [0, 0.05) is 12.6 Å². The van der Waals surface area contributed by atoms with Crippen molar-refractivity contribution in [1.29, 1.82) is 0 Å². The topological polar surface area (TPSA) is 29.5 Å². The maximum Gasteiger partial charge on any atom is 0.410 e. The van der Waals surface area contributed by atoms with Gasteiger partial charge in [0.15, 0.2) is 0 Å². The highest BCUT2D eigenvalue weighted by Gasteiger charge is 2.62. The molecule has 1 amide bonds. The maximum atomic E-state index is 13.1. The summed E-state index contributed by atoms with van der Waals surface area (Å²) in [6, 6.07) is 7.41. The number of ether oxygens (including phenoxy) is 1. The lowest BCUT2D eigenvalue weighted by atomic mass is 9.50. The number of fused-ring (bicyclic) bond motifs is 2. The van der Waals surface area contributed by atoms with Gasteiger partial charge in [-0.1, -0.05) is 52.3 Å². The molecule has 154 valence electrons. The largest absolute Gasteiger partial charge is 0.444 e. The molecule has 4 atom stereocenters. The van der Waals surface area contributed by atoms with E-state index in [1.165, 1.54) is 36.0 Å². The van der Waals surface area contributed by atoms with Gasteiger partial charge in [-0.2, -0.15) is 0 Å². The molecule has 0 spiro atoms. The van der Waals surface area contributed by atoms with E-state index < -0.39 is 5.60 Å². The van der Waals surface area contributed by atoms with Gasteiger partial charge in [0.1, 0.15) is 5.60 Å². The fourth-order valence-corrected chi connectivity index (χ4v) is 6.67. The molecule has 3 heteroatoms. The van der Waals surface area contributed by atoms with Crippen molar-refractivity contribution in [3.63, 3.8) is 0 Å².